The highest BCUT2D eigenvalue weighted by molar-refractivity contribution is 6.54. The van der Waals surface area contributed by atoms with Crippen molar-refractivity contribution in [1.29, 1.82) is 0 Å². The van der Waals surface area contributed by atoms with E-state index < -0.39 is 15.7 Å². The van der Waals surface area contributed by atoms with Gasteiger partial charge in [0.2, 0.25) is 0 Å². The standard InChI is InChI=1S/C19H19Cl2NO2/c1-2-22(12-14-6-4-3-5-7-14)16-10-8-15(9-11-16)18(17(23)24)13-19(18,20)21/h3-11H,2,12-13H2,1H3,(H,23,24). The number of halogens is 2. The molecule has 1 N–H and O–H groups in total. The number of rotatable bonds is 6. The topological polar surface area (TPSA) is 40.5 Å². The molecule has 1 unspecified atom stereocenters. The largest absolute Gasteiger partial charge is 0.480 e. The van der Waals surface area contributed by atoms with Crippen LogP contribution in [0.3, 0.4) is 0 Å². The van der Waals surface area contributed by atoms with Gasteiger partial charge in [-0.05, 0) is 30.2 Å². The quantitative estimate of drug-likeness (QED) is 0.761. The molecule has 1 aliphatic rings. The lowest BCUT2D eigenvalue weighted by Crippen LogP contribution is -2.26. The summed E-state index contributed by atoms with van der Waals surface area (Å²) in [4.78, 5) is 13.9. The molecule has 3 nitrogen and oxygen atoms in total. The minimum absolute atomic E-state index is 0.235. The summed E-state index contributed by atoms with van der Waals surface area (Å²) in [5.74, 6) is -0.975. The Balaban J connectivity index is 1.82. The molecule has 0 aliphatic heterocycles. The zero-order valence-electron chi connectivity index (χ0n) is 13.4. The number of anilines is 1. The van der Waals surface area contributed by atoms with Crippen LogP contribution < -0.4 is 4.90 Å². The van der Waals surface area contributed by atoms with Crippen molar-refractivity contribution in [2.45, 2.75) is 29.6 Å². The minimum atomic E-state index is -1.23. The van der Waals surface area contributed by atoms with Crippen molar-refractivity contribution in [3.63, 3.8) is 0 Å². The first-order chi connectivity index (χ1) is 11.4. The number of hydrogen-bond donors (Lipinski definition) is 1. The van der Waals surface area contributed by atoms with Gasteiger partial charge in [-0.15, -0.1) is 0 Å². The Bertz CT molecular complexity index is 731. The molecule has 0 heterocycles. The van der Waals surface area contributed by atoms with E-state index in [1.165, 1.54) is 5.56 Å². The predicted octanol–water partition coefficient (Wildman–Crippen LogP) is 4.61. The van der Waals surface area contributed by atoms with E-state index in [1.54, 1.807) is 0 Å². The number of carboxylic acid groups (broad SMARTS) is 1. The molecule has 0 amide bonds. The van der Waals surface area contributed by atoms with Crippen molar-refractivity contribution < 1.29 is 9.90 Å². The summed E-state index contributed by atoms with van der Waals surface area (Å²) in [6.07, 6.45) is 0.235. The summed E-state index contributed by atoms with van der Waals surface area (Å²) in [6.45, 7) is 3.75. The third-order valence-corrected chi connectivity index (χ3v) is 5.59. The number of carboxylic acids is 1. The van der Waals surface area contributed by atoms with Crippen LogP contribution in [0.25, 0.3) is 0 Å². The highest BCUT2D eigenvalue weighted by Crippen LogP contribution is 2.65. The summed E-state index contributed by atoms with van der Waals surface area (Å²) >= 11 is 12.2. The molecule has 2 aromatic carbocycles. The van der Waals surface area contributed by atoms with Gasteiger partial charge < -0.3 is 10.0 Å². The highest BCUT2D eigenvalue weighted by atomic mass is 35.5. The van der Waals surface area contributed by atoms with Crippen molar-refractivity contribution in [3.05, 3.63) is 65.7 Å². The molecule has 0 aromatic heterocycles. The zero-order chi connectivity index (χ0) is 17.4. The van der Waals surface area contributed by atoms with E-state index in [9.17, 15) is 9.90 Å². The molecule has 2 aromatic rings. The second kappa shape index (κ2) is 6.30. The number of benzene rings is 2. The van der Waals surface area contributed by atoms with E-state index >= 15 is 0 Å². The van der Waals surface area contributed by atoms with Gasteiger partial charge in [0, 0.05) is 25.2 Å². The fraction of sp³-hybridized carbons (Fsp3) is 0.316. The van der Waals surface area contributed by atoms with Gasteiger partial charge in [0.25, 0.3) is 0 Å². The van der Waals surface area contributed by atoms with Gasteiger partial charge in [-0.25, -0.2) is 0 Å². The van der Waals surface area contributed by atoms with Crippen LogP contribution in [0.2, 0.25) is 0 Å². The van der Waals surface area contributed by atoms with Crippen LogP contribution >= 0.6 is 23.2 Å². The van der Waals surface area contributed by atoms with Gasteiger partial charge >= 0.3 is 5.97 Å². The molecule has 0 radical (unpaired) electrons. The summed E-state index contributed by atoms with van der Waals surface area (Å²) in [5, 5.41) is 9.53. The van der Waals surface area contributed by atoms with E-state index in [2.05, 4.69) is 24.0 Å². The maximum Gasteiger partial charge on any atom is 0.317 e. The summed E-state index contributed by atoms with van der Waals surface area (Å²) in [5.41, 5.74) is 1.74. The molecule has 0 spiro atoms. The van der Waals surface area contributed by atoms with Crippen LogP contribution in [0.15, 0.2) is 54.6 Å². The molecular formula is C19H19Cl2NO2. The molecule has 24 heavy (non-hydrogen) atoms. The maximum absolute atomic E-state index is 11.6. The Labute approximate surface area is 151 Å². The fourth-order valence-corrected chi connectivity index (χ4v) is 3.88. The SMILES string of the molecule is CCN(Cc1ccccc1)c1ccc(C2(C(=O)O)CC2(Cl)Cl)cc1. The molecule has 5 heteroatoms. The van der Waals surface area contributed by atoms with E-state index in [1.807, 2.05) is 42.5 Å². The maximum atomic E-state index is 11.6. The number of aliphatic carboxylic acids is 1. The molecule has 3 rings (SSSR count). The Morgan fingerprint density at radius 2 is 1.71 bits per heavy atom. The Morgan fingerprint density at radius 1 is 1.12 bits per heavy atom. The van der Waals surface area contributed by atoms with Gasteiger partial charge in [-0.1, -0.05) is 65.7 Å². The van der Waals surface area contributed by atoms with E-state index in [0.29, 0.717) is 5.56 Å². The van der Waals surface area contributed by atoms with Crippen LogP contribution in [-0.2, 0) is 16.8 Å². The average molecular weight is 364 g/mol. The number of alkyl halides is 2. The molecular weight excluding hydrogens is 345 g/mol. The molecule has 0 bridgehead atoms. The fourth-order valence-electron chi connectivity index (χ4n) is 3.10. The number of carbonyl (C=O) groups is 1. The number of hydrogen-bond acceptors (Lipinski definition) is 2. The zero-order valence-corrected chi connectivity index (χ0v) is 14.9. The molecule has 126 valence electrons. The first-order valence-electron chi connectivity index (χ1n) is 7.91. The van der Waals surface area contributed by atoms with Crippen LogP contribution in [0.1, 0.15) is 24.5 Å². The van der Waals surface area contributed by atoms with E-state index in [4.69, 9.17) is 23.2 Å². The van der Waals surface area contributed by atoms with Crippen molar-refractivity contribution in [2.24, 2.45) is 0 Å². The van der Waals surface area contributed by atoms with Crippen molar-refractivity contribution in [3.8, 4) is 0 Å². The van der Waals surface area contributed by atoms with Crippen LogP contribution in [-0.4, -0.2) is 22.0 Å². The van der Waals surface area contributed by atoms with Crippen LogP contribution in [0.5, 0.6) is 0 Å². The third kappa shape index (κ3) is 2.87. The van der Waals surface area contributed by atoms with Crippen molar-refractivity contribution in [2.75, 3.05) is 11.4 Å². The van der Waals surface area contributed by atoms with Crippen molar-refractivity contribution in [1.82, 2.24) is 0 Å². The summed E-state index contributed by atoms with van der Waals surface area (Å²) < 4.78 is -1.23. The molecule has 1 fully saturated rings. The molecule has 1 saturated carbocycles. The summed E-state index contributed by atoms with van der Waals surface area (Å²) in [7, 11) is 0. The third-order valence-electron chi connectivity index (χ3n) is 4.67. The first kappa shape index (κ1) is 17.1. The molecule has 0 saturated heterocycles. The summed E-state index contributed by atoms with van der Waals surface area (Å²) in [6, 6.07) is 17.8. The van der Waals surface area contributed by atoms with Gasteiger partial charge in [0.15, 0.2) is 0 Å². The predicted molar refractivity (Wildman–Crippen MR) is 98.0 cm³/mol. The Kier molecular flexibility index (Phi) is 4.50. The first-order valence-corrected chi connectivity index (χ1v) is 8.67. The molecule has 1 aliphatic carbocycles. The average Bonchev–Trinajstić information content (AvgIpc) is 3.18. The van der Waals surface area contributed by atoms with Crippen LogP contribution in [0, 0.1) is 0 Å². The number of nitrogens with zero attached hydrogens (tertiary/aromatic N) is 1. The van der Waals surface area contributed by atoms with Gasteiger partial charge in [0.05, 0.1) is 0 Å². The smallest absolute Gasteiger partial charge is 0.317 e. The van der Waals surface area contributed by atoms with Crippen LogP contribution in [0.4, 0.5) is 5.69 Å². The van der Waals surface area contributed by atoms with Gasteiger partial charge in [-0.3, -0.25) is 4.79 Å². The highest BCUT2D eigenvalue weighted by Gasteiger charge is 2.72. The van der Waals surface area contributed by atoms with Gasteiger partial charge in [0.1, 0.15) is 9.75 Å². The Morgan fingerprint density at radius 3 is 2.17 bits per heavy atom. The Hall–Kier alpha value is -1.71. The lowest BCUT2D eigenvalue weighted by atomic mass is 9.95. The second-order valence-corrected chi connectivity index (χ2v) is 7.62. The van der Waals surface area contributed by atoms with Gasteiger partial charge in [-0.2, -0.15) is 0 Å². The van der Waals surface area contributed by atoms with E-state index in [0.717, 1.165) is 18.8 Å². The van der Waals surface area contributed by atoms with Crippen molar-refractivity contribution >= 4 is 34.9 Å². The lowest BCUT2D eigenvalue weighted by molar-refractivity contribution is -0.140. The lowest BCUT2D eigenvalue weighted by Gasteiger charge is -2.24. The molecule has 1 atom stereocenters. The minimum Gasteiger partial charge on any atom is -0.480 e. The second-order valence-electron chi connectivity index (χ2n) is 6.14. The normalized spacial score (nSPS) is 21.3. The van der Waals surface area contributed by atoms with E-state index in [-0.39, 0.29) is 6.42 Å². The monoisotopic (exact) mass is 363 g/mol.